The van der Waals surface area contributed by atoms with Gasteiger partial charge in [-0.3, -0.25) is 4.79 Å². The van der Waals surface area contributed by atoms with Crippen molar-refractivity contribution in [3.63, 3.8) is 0 Å². The van der Waals surface area contributed by atoms with Crippen LogP contribution in [0.4, 0.5) is 0 Å². The van der Waals surface area contributed by atoms with Crippen molar-refractivity contribution in [2.45, 2.75) is 30.7 Å². The quantitative estimate of drug-likeness (QED) is 0.771. The monoisotopic (exact) mass is 312 g/mol. The molecule has 1 fully saturated rings. The van der Waals surface area contributed by atoms with Gasteiger partial charge in [0.25, 0.3) is 5.91 Å². The maximum atomic E-state index is 12.2. The Bertz CT molecular complexity index is 594. The second-order valence-electron chi connectivity index (χ2n) is 5.03. The molecule has 21 heavy (non-hydrogen) atoms. The fourth-order valence-corrected chi connectivity index (χ4v) is 3.28. The highest BCUT2D eigenvalue weighted by atomic mass is 32.2. The van der Waals surface area contributed by atoms with Gasteiger partial charge < -0.3 is 10.0 Å². The summed E-state index contributed by atoms with van der Waals surface area (Å²) in [5.41, 5.74) is 0.413. The van der Waals surface area contributed by atoms with Gasteiger partial charge in [0.15, 0.2) is 0 Å². The van der Waals surface area contributed by atoms with Crippen LogP contribution in [0, 0.1) is 0 Å². The second kappa shape index (κ2) is 6.55. The Morgan fingerprint density at radius 3 is 2.43 bits per heavy atom. The van der Waals surface area contributed by atoms with Gasteiger partial charge >= 0.3 is 0 Å². The second-order valence-corrected chi connectivity index (χ2v) is 6.74. The molecule has 2 N–H and O–H groups in total. The summed E-state index contributed by atoms with van der Waals surface area (Å²) in [6, 6.07) is 5.93. The van der Waals surface area contributed by atoms with Gasteiger partial charge in [-0.1, -0.05) is 0 Å². The van der Waals surface area contributed by atoms with E-state index in [4.69, 9.17) is 5.11 Å². The minimum absolute atomic E-state index is 0.0523. The van der Waals surface area contributed by atoms with Gasteiger partial charge in [-0.2, -0.15) is 0 Å². The van der Waals surface area contributed by atoms with Crippen LogP contribution < -0.4 is 4.72 Å². The molecule has 1 saturated carbocycles. The molecule has 1 aromatic rings. The van der Waals surface area contributed by atoms with Gasteiger partial charge in [-0.25, -0.2) is 13.1 Å². The predicted molar refractivity (Wildman–Crippen MR) is 78.4 cm³/mol. The van der Waals surface area contributed by atoms with E-state index in [1.807, 2.05) is 6.92 Å². The third-order valence-electron chi connectivity index (χ3n) is 3.35. The SMILES string of the molecule is CCN(CCO)C(=O)c1ccc(S(=O)(=O)NC2CC2)cc1. The van der Waals surface area contributed by atoms with E-state index in [2.05, 4.69) is 4.72 Å². The first kappa shape index (κ1) is 15.9. The predicted octanol–water partition coefficient (Wildman–Crippen LogP) is 0.582. The zero-order chi connectivity index (χ0) is 15.5. The lowest BCUT2D eigenvalue weighted by molar-refractivity contribution is 0.0732. The van der Waals surface area contributed by atoms with Crippen LogP contribution in [0.5, 0.6) is 0 Å². The lowest BCUT2D eigenvalue weighted by Gasteiger charge is -2.19. The van der Waals surface area contributed by atoms with Crippen LogP contribution in [0.3, 0.4) is 0 Å². The summed E-state index contributed by atoms with van der Waals surface area (Å²) in [5, 5.41) is 8.92. The lowest BCUT2D eigenvalue weighted by atomic mass is 10.2. The van der Waals surface area contributed by atoms with Crippen molar-refractivity contribution >= 4 is 15.9 Å². The minimum atomic E-state index is -3.49. The third-order valence-corrected chi connectivity index (χ3v) is 4.89. The van der Waals surface area contributed by atoms with Gasteiger partial charge in [0.2, 0.25) is 10.0 Å². The molecule has 0 saturated heterocycles. The van der Waals surface area contributed by atoms with E-state index < -0.39 is 10.0 Å². The van der Waals surface area contributed by atoms with Crippen molar-refractivity contribution in [2.24, 2.45) is 0 Å². The number of hydrogen-bond acceptors (Lipinski definition) is 4. The Balaban J connectivity index is 2.12. The number of rotatable bonds is 7. The zero-order valence-electron chi connectivity index (χ0n) is 11.9. The molecule has 1 aliphatic carbocycles. The van der Waals surface area contributed by atoms with E-state index >= 15 is 0 Å². The summed E-state index contributed by atoms with van der Waals surface area (Å²) in [6.45, 7) is 2.48. The van der Waals surface area contributed by atoms with Crippen LogP contribution >= 0.6 is 0 Å². The molecule has 2 rings (SSSR count). The van der Waals surface area contributed by atoms with E-state index in [0.29, 0.717) is 12.1 Å². The highest BCUT2D eigenvalue weighted by molar-refractivity contribution is 7.89. The molecule has 1 amide bonds. The first-order valence-electron chi connectivity index (χ1n) is 7.00. The Kier molecular flexibility index (Phi) is 4.97. The normalized spacial score (nSPS) is 15.0. The first-order valence-corrected chi connectivity index (χ1v) is 8.48. The Morgan fingerprint density at radius 1 is 1.33 bits per heavy atom. The van der Waals surface area contributed by atoms with Gasteiger partial charge in [-0.15, -0.1) is 0 Å². The fourth-order valence-electron chi connectivity index (χ4n) is 1.97. The van der Waals surface area contributed by atoms with E-state index in [1.54, 1.807) is 0 Å². The van der Waals surface area contributed by atoms with Crippen molar-refractivity contribution in [3.05, 3.63) is 29.8 Å². The number of hydrogen-bond donors (Lipinski definition) is 2. The highest BCUT2D eigenvalue weighted by Crippen LogP contribution is 2.22. The molecule has 0 heterocycles. The molecule has 0 aliphatic heterocycles. The summed E-state index contributed by atoms with van der Waals surface area (Å²) >= 11 is 0. The number of nitrogens with one attached hydrogen (secondary N) is 1. The summed E-state index contributed by atoms with van der Waals surface area (Å²) in [4.78, 5) is 13.8. The number of carbonyl (C=O) groups is 1. The van der Waals surface area contributed by atoms with E-state index in [9.17, 15) is 13.2 Å². The number of sulfonamides is 1. The number of aliphatic hydroxyl groups is 1. The maximum absolute atomic E-state index is 12.2. The van der Waals surface area contributed by atoms with Crippen LogP contribution in [0.2, 0.25) is 0 Å². The minimum Gasteiger partial charge on any atom is -0.395 e. The standard InChI is InChI=1S/C14H20N2O4S/c1-2-16(9-10-17)14(18)11-3-7-13(8-4-11)21(19,20)15-12-5-6-12/h3-4,7-8,12,15,17H,2,5-6,9-10H2,1H3. The molecule has 0 aromatic heterocycles. The largest absolute Gasteiger partial charge is 0.395 e. The van der Waals surface area contributed by atoms with Crippen LogP contribution in [0.15, 0.2) is 29.2 Å². The van der Waals surface area contributed by atoms with E-state index in [1.165, 1.54) is 29.2 Å². The van der Waals surface area contributed by atoms with Crippen LogP contribution in [-0.4, -0.2) is 50.1 Å². The van der Waals surface area contributed by atoms with Crippen LogP contribution in [0.25, 0.3) is 0 Å². The summed E-state index contributed by atoms with van der Waals surface area (Å²) < 4.78 is 26.6. The zero-order valence-corrected chi connectivity index (χ0v) is 12.8. The molecule has 116 valence electrons. The Labute approximate surface area is 124 Å². The fraction of sp³-hybridized carbons (Fsp3) is 0.500. The summed E-state index contributed by atoms with van der Waals surface area (Å²) in [6.07, 6.45) is 1.75. The molecule has 7 heteroatoms. The average molecular weight is 312 g/mol. The van der Waals surface area contributed by atoms with Crippen molar-refractivity contribution in [1.29, 1.82) is 0 Å². The van der Waals surface area contributed by atoms with Gasteiger partial charge in [-0.05, 0) is 44.0 Å². The summed E-state index contributed by atoms with van der Waals surface area (Å²) in [7, 11) is -3.49. The van der Waals surface area contributed by atoms with E-state index in [0.717, 1.165) is 12.8 Å². The molecule has 0 radical (unpaired) electrons. The van der Waals surface area contributed by atoms with Gasteiger partial charge in [0.05, 0.1) is 11.5 Å². The number of carbonyl (C=O) groups excluding carboxylic acids is 1. The van der Waals surface area contributed by atoms with E-state index in [-0.39, 0.29) is 30.0 Å². The number of nitrogens with zero attached hydrogens (tertiary/aromatic N) is 1. The third kappa shape index (κ3) is 4.03. The Morgan fingerprint density at radius 2 is 1.95 bits per heavy atom. The molecule has 0 spiro atoms. The number of likely N-dealkylation sites (N-methyl/N-ethyl adjacent to an activating group) is 1. The van der Waals surface area contributed by atoms with Crippen LogP contribution in [0.1, 0.15) is 30.1 Å². The molecular formula is C14H20N2O4S. The highest BCUT2D eigenvalue weighted by Gasteiger charge is 2.28. The molecule has 1 aliphatic rings. The average Bonchev–Trinajstić information content (AvgIpc) is 3.27. The smallest absolute Gasteiger partial charge is 0.253 e. The molecule has 1 aromatic carbocycles. The number of benzene rings is 1. The summed E-state index contributed by atoms with van der Waals surface area (Å²) in [5.74, 6) is -0.217. The molecule has 0 bridgehead atoms. The molecule has 6 nitrogen and oxygen atoms in total. The van der Waals surface area contributed by atoms with Crippen molar-refractivity contribution in [1.82, 2.24) is 9.62 Å². The lowest BCUT2D eigenvalue weighted by Crippen LogP contribution is -2.33. The van der Waals surface area contributed by atoms with Crippen LogP contribution in [-0.2, 0) is 10.0 Å². The van der Waals surface area contributed by atoms with Gasteiger partial charge in [0.1, 0.15) is 0 Å². The Hall–Kier alpha value is -1.44. The van der Waals surface area contributed by atoms with Crippen molar-refractivity contribution in [2.75, 3.05) is 19.7 Å². The first-order chi connectivity index (χ1) is 9.97. The maximum Gasteiger partial charge on any atom is 0.253 e. The van der Waals surface area contributed by atoms with Crippen molar-refractivity contribution < 1.29 is 18.3 Å². The molecule has 0 unspecified atom stereocenters. The topological polar surface area (TPSA) is 86.7 Å². The molecule has 0 atom stereocenters. The van der Waals surface area contributed by atoms with Crippen molar-refractivity contribution in [3.8, 4) is 0 Å². The van der Waals surface area contributed by atoms with Gasteiger partial charge in [0, 0.05) is 24.7 Å². The number of aliphatic hydroxyl groups excluding tert-OH is 1. The molecular weight excluding hydrogens is 292 g/mol. The number of amides is 1.